The maximum absolute atomic E-state index is 0. The van der Waals surface area contributed by atoms with Gasteiger partial charge in [-0.25, -0.2) is 0 Å². The van der Waals surface area contributed by atoms with Crippen molar-refractivity contribution in [1.29, 1.82) is 0 Å². The molecule has 0 aliphatic heterocycles. The number of hydrogen-bond acceptors (Lipinski definition) is 0. The van der Waals surface area contributed by atoms with E-state index in [0.717, 1.165) is 0 Å². The van der Waals surface area contributed by atoms with Crippen LogP contribution in [0.1, 0.15) is 171 Å². The van der Waals surface area contributed by atoms with E-state index in [2.05, 4.69) is 0 Å². The molecule has 7 radical (unpaired) electrons. The molecule has 0 aromatic heterocycles. The monoisotopic (exact) mass is 983 g/mol. The van der Waals surface area contributed by atoms with Crippen molar-refractivity contribution in [3.8, 4) is 0 Å². The Morgan fingerprint density at radius 2 is 0.182 bits per heavy atom. The first kappa shape index (κ1) is 454. The zero-order valence-electron chi connectivity index (χ0n) is 17.1. The second-order valence-corrected chi connectivity index (χ2v) is 0. The molecule has 0 spiro atoms. The molecule has 0 atom stereocenters. The molecule has 0 nitrogen and oxygen atoms in total. The van der Waals surface area contributed by atoms with Gasteiger partial charge in [0.05, 0.1) is 0 Å². The largest absolute Gasteiger partial charge is 1.00 e. The summed E-state index contributed by atoms with van der Waals surface area (Å²) < 4.78 is 0. The maximum atomic E-state index is 0. The molecule has 0 saturated heterocycles. The van der Waals surface area contributed by atoms with E-state index in [9.17, 15) is 0 Å². The van der Waals surface area contributed by atoms with Crippen molar-refractivity contribution in [2.45, 2.75) is 141 Å². The topological polar surface area (TPSA) is 0 Å². The molecule has 0 aliphatic carbocycles. The van der Waals surface area contributed by atoms with Crippen LogP contribution in [0.25, 0.3) is 0 Å². The van der Waals surface area contributed by atoms with Crippen LogP contribution >= 0.6 is 0 Å². The second-order valence-electron chi connectivity index (χ2n) is 0. The van der Waals surface area contributed by atoms with E-state index in [-0.39, 0.29) is 661 Å². The van der Waals surface area contributed by atoms with E-state index in [1.807, 2.05) is 0 Å². The third-order valence-corrected chi connectivity index (χ3v) is 0. The molecule has 0 aliphatic rings. The normalized spacial score (nSPS) is 0. The summed E-state index contributed by atoms with van der Waals surface area (Å²) in [6.45, 7) is 0. The van der Waals surface area contributed by atoms with E-state index < -0.39 is 0 Å². The Balaban J connectivity index is 0. The molecule has 0 unspecified atom stereocenters. The van der Waals surface area contributed by atoms with Crippen molar-refractivity contribution in [3.05, 3.63) is 0 Å². The van der Waals surface area contributed by atoms with Crippen molar-refractivity contribution >= 4 is 0 Å². The Bertz CT molecular complexity index is 98.5. The summed E-state index contributed by atoms with van der Waals surface area (Å²) in [4.78, 5) is 0. The Morgan fingerprint density at radius 3 is 0.182 bits per heavy atom. The summed E-state index contributed by atoms with van der Waals surface area (Å²) in [6.07, 6.45) is 0. The Labute approximate surface area is 641 Å². The molecule has 33 heavy (non-hydrogen) atoms. The molecule has 0 saturated carbocycles. The van der Waals surface area contributed by atoms with Crippen molar-refractivity contribution in [2.24, 2.45) is 0 Å². The minimum atomic E-state index is 0. The fourth-order valence-corrected chi connectivity index (χ4v) is 0. The fourth-order valence-electron chi connectivity index (χ4n) is 0. The third-order valence-electron chi connectivity index (χ3n) is 0. The minimum absolute atomic E-state index is 0. The summed E-state index contributed by atoms with van der Waals surface area (Å²) in [5.74, 6) is 0. The van der Waals surface area contributed by atoms with Crippen molar-refractivity contribution < 1.29 is 520 Å². The fraction of sp³-hybridized carbons (Fsp3) is 1.00. The van der Waals surface area contributed by atoms with Gasteiger partial charge in [0.15, 0.2) is 0 Å². The molecule has 229 valence electrons. The molecule has 0 aromatic rings. The van der Waals surface area contributed by atoms with Crippen LogP contribution in [0.4, 0.5) is 0 Å². The average Bonchev–Trinajstić information content (AvgIpc) is 0. The van der Waals surface area contributed by atoms with Crippen LogP contribution in [0.15, 0.2) is 0 Å². The van der Waals surface area contributed by atoms with Gasteiger partial charge in [-0.05, 0) is 0 Å². The average molecular weight is 984 g/mol. The Hall–Kier alpha value is 15.5. The van der Waals surface area contributed by atoms with Gasteiger partial charge < -0.3 is 9.99 Å². The van der Waals surface area contributed by atoms with Crippen LogP contribution in [0.2, 0.25) is 0 Å². The molecule has 0 amide bonds. The first-order valence-corrected chi connectivity index (χ1v) is 0. The third kappa shape index (κ3) is 408. The smallest absolute Gasteiger partial charge is 1.00 e. The standard InChI is InChI=1S/19CH4.7K.7V.14H2.7H/h19*1H4;;;;;;;;;;;;;;;14*1H;;;;;;;/q;;;;;;;;;;;;;;;;;;;7*+1;;;;;;;;;;;;;;;;;;;;;;7*-1/i;;;;;;;;;;;;;;;;;;;;;;;;;;;;;;;;;7*1+2;;;;;;;;;;;;;;. The van der Waals surface area contributed by atoms with Gasteiger partial charge in [0.2, 0.25) is 0 Å². The molecular weight excluding hydrogens is 859 g/mol. The van der Waals surface area contributed by atoms with Crippen LogP contribution in [-0.2, 0) is 130 Å². The molecule has 0 heterocycles. The van der Waals surface area contributed by atoms with Gasteiger partial charge in [0.1, 0.15) is 0 Å². The quantitative estimate of drug-likeness (QED) is 0.215. The summed E-state index contributed by atoms with van der Waals surface area (Å²) in [6, 6.07) is 0. The summed E-state index contributed by atoms with van der Waals surface area (Å²) in [7, 11) is 0. The van der Waals surface area contributed by atoms with Crippen LogP contribution < -0.4 is 360 Å². The van der Waals surface area contributed by atoms with E-state index in [1.54, 1.807) is 0 Å². The Kier molecular flexibility index (Phi) is 5870. The van der Waals surface area contributed by atoms with Gasteiger partial charge in [-0.1, -0.05) is 141 Å². The van der Waals surface area contributed by atoms with E-state index in [4.69, 9.17) is 0 Å². The van der Waals surface area contributed by atoms with Crippen LogP contribution in [0.5, 0.6) is 0 Å². The minimum Gasteiger partial charge on any atom is -1.00 e. The number of rotatable bonds is 0. The molecule has 0 rings (SSSR count). The van der Waals surface area contributed by atoms with Crippen LogP contribution in [-0.4, -0.2) is 0 Å². The van der Waals surface area contributed by atoms with Crippen molar-refractivity contribution in [3.63, 3.8) is 0 Å². The first-order chi connectivity index (χ1) is 0. The molecule has 0 fully saturated rings. The maximum Gasteiger partial charge on any atom is 1.00 e. The van der Waals surface area contributed by atoms with Gasteiger partial charge >= 0.3 is 360 Å². The van der Waals surface area contributed by atoms with Crippen LogP contribution in [0, 0.1) is 0 Å². The Morgan fingerprint density at radius 1 is 0.182 bits per heavy atom. The van der Waals surface area contributed by atoms with Gasteiger partial charge in [-0.15, -0.1) is 0 Å². The van der Waals surface area contributed by atoms with E-state index >= 15 is 0 Å². The molecule has 14 heteroatoms. The molecule has 0 N–H and O–H groups in total. The van der Waals surface area contributed by atoms with Gasteiger partial charge in [0, 0.05) is 150 Å². The zero-order chi connectivity index (χ0) is 0. The van der Waals surface area contributed by atoms with Gasteiger partial charge in [0.25, 0.3) is 0 Å². The molecule has 0 bridgehead atoms. The predicted molar refractivity (Wildman–Crippen MR) is 165 cm³/mol. The SMILES string of the molecule is C.C.C.C.C.C.C.C.C.C.C.C.C.C.C.C.C.C.C.[3HH].[3HH].[3HH].[3HH].[3HH].[3HH].[3HH].[H-].[H-].[H-].[H-].[H-].[H-].[H-].[HH].[HH].[HH].[HH].[HH].[HH].[HH].[K+].[K+].[K+].[K+].[K+].[K+].[K+].[V].[V].[V].[V].[V].[V].[V]. The van der Waals surface area contributed by atoms with Gasteiger partial charge in [-0.3, -0.25) is 0 Å². The first-order valence-electron chi connectivity index (χ1n) is 0. The van der Waals surface area contributed by atoms with Gasteiger partial charge in [-0.2, -0.15) is 0 Å². The number of hydrogen-bond donors (Lipinski definition) is 0. The van der Waals surface area contributed by atoms with Crippen molar-refractivity contribution in [2.75, 3.05) is 0 Å². The second kappa shape index (κ2) is 426. The van der Waals surface area contributed by atoms with E-state index in [0.29, 0.717) is 0 Å². The summed E-state index contributed by atoms with van der Waals surface area (Å²) >= 11 is 0. The summed E-state index contributed by atoms with van der Waals surface area (Å²) in [5.41, 5.74) is 0. The predicted octanol–water partition coefficient (Wildman–Crippen LogP) is -4.67. The van der Waals surface area contributed by atoms with E-state index in [1.165, 1.54) is 0 Å². The summed E-state index contributed by atoms with van der Waals surface area (Å²) in [5, 5.41) is 0. The zero-order valence-corrected chi connectivity index (χ0v) is 41.8. The van der Waals surface area contributed by atoms with Crippen molar-refractivity contribution in [1.82, 2.24) is 0 Å². The molecular formula is C19H111K7V7. The molecule has 0 aromatic carbocycles. The van der Waals surface area contributed by atoms with Crippen LogP contribution in [0.3, 0.4) is 0 Å².